The van der Waals surface area contributed by atoms with Gasteiger partial charge >= 0.3 is 0 Å². The molecule has 334 valence electrons. The molecular weight excluding hydrogens is 679 g/mol. The first-order chi connectivity index (χ1) is 27.5. The number of carbonyl (C=O) groups is 1. The fourth-order valence-electron chi connectivity index (χ4n) is 12.1. The highest BCUT2D eigenvalue weighted by Gasteiger charge is 2.41. The van der Waals surface area contributed by atoms with E-state index in [9.17, 15) is 4.79 Å². The Balaban J connectivity index is 0.000000321. The lowest BCUT2D eigenvalue weighted by Crippen LogP contribution is -2.49. The van der Waals surface area contributed by atoms with Crippen LogP contribution in [0.4, 0.5) is 0 Å². The lowest BCUT2D eigenvalue weighted by Gasteiger charge is -2.49. The minimum atomic E-state index is 0.384. The highest BCUT2D eigenvalue weighted by atomic mass is 16.2. The van der Waals surface area contributed by atoms with Gasteiger partial charge in [-0.3, -0.25) is 4.79 Å². The fourth-order valence-corrected chi connectivity index (χ4v) is 12.1. The molecular formula is C54H107NO. The molecule has 14 saturated carbocycles. The summed E-state index contributed by atoms with van der Waals surface area (Å²) >= 11 is 0. The molecule has 2 saturated heterocycles. The molecule has 56 heavy (non-hydrogen) atoms. The quantitative estimate of drug-likeness (QED) is 0.240. The first-order valence-electron chi connectivity index (χ1n) is 26.8. The Labute approximate surface area is 355 Å². The zero-order valence-electron chi connectivity index (χ0n) is 41.1. The molecule has 0 spiro atoms. The summed E-state index contributed by atoms with van der Waals surface area (Å²) in [7, 11) is 1.94. The zero-order valence-corrected chi connectivity index (χ0v) is 41.1. The molecule has 2 unspecified atom stereocenters. The van der Waals surface area contributed by atoms with Gasteiger partial charge in [0.2, 0.25) is 5.91 Å². The highest BCUT2D eigenvalue weighted by Crippen LogP contribution is 2.53. The largest absolute Gasteiger partial charge is 0.343 e. The molecule has 0 N–H and O–H groups in total. The van der Waals surface area contributed by atoms with E-state index in [1.54, 1.807) is 148 Å². The summed E-state index contributed by atoms with van der Waals surface area (Å²) in [6.45, 7) is 24.0. The summed E-state index contributed by atoms with van der Waals surface area (Å²) in [4.78, 5) is 13.3. The topological polar surface area (TPSA) is 20.3 Å². The maximum Gasteiger partial charge on any atom is 0.225 e. The lowest BCUT2D eigenvalue weighted by molar-refractivity contribution is -0.144. The first kappa shape index (κ1) is 53.5. The average molecular weight is 786 g/mol. The molecule has 0 aromatic heterocycles. The summed E-state index contributed by atoms with van der Waals surface area (Å²) in [5, 5.41) is 0. The normalized spacial score (nSPS) is 37.2. The van der Waals surface area contributed by atoms with Gasteiger partial charge in [-0.2, -0.15) is 0 Å². The second-order valence-corrected chi connectivity index (χ2v) is 18.7. The zero-order chi connectivity index (χ0) is 41.9. The Kier molecular flexibility index (Phi) is 30.8. The third kappa shape index (κ3) is 18.0. The molecule has 0 aromatic rings. The van der Waals surface area contributed by atoms with Crippen LogP contribution in [0.25, 0.3) is 0 Å². The molecule has 16 fully saturated rings. The number of hydrogen-bond donors (Lipinski definition) is 0. The number of amides is 1. The number of carbonyl (C=O) groups excluding carboxylic acids is 1. The maximum atomic E-state index is 11.3. The Bertz CT molecular complexity index is 786. The van der Waals surface area contributed by atoms with Crippen molar-refractivity contribution in [3.8, 4) is 0 Å². The molecule has 2 heteroatoms. The summed E-state index contributed by atoms with van der Waals surface area (Å²) < 4.78 is 0. The number of hydrogen-bond acceptors (Lipinski definition) is 1. The number of piperidine rings is 2. The average Bonchev–Trinajstić information content (AvgIpc) is 4.13. The highest BCUT2D eigenvalue weighted by molar-refractivity contribution is 5.80. The Morgan fingerprint density at radius 1 is 0.304 bits per heavy atom. The van der Waals surface area contributed by atoms with Crippen molar-refractivity contribution >= 4 is 5.91 Å². The summed E-state index contributed by atoms with van der Waals surface area (Å²) in [6.07, 6.45) is 42.3. The standard InChI is InChI=1S/C8H13NO.2C8H14.C7H12.C6H10.C5H8.6C2H6/c1-9-7-4-2-6(3-5-7)8(9)10;1-2-8-5-3-7(1)4-6-8;1-2-7-4-5-8(3-1)6-7;1-2-7-4-3-6(1)5-7;1-2-6-3-5(1)4-6;1-4-2-5(1)3-4;6*1-2/h6-7H,2-5H2,1H3;2*7-8H,1-6H2;6-7H,1-5H2;5-6H,1-4H2;4-5H,1-3H2;6*1-2H3. The summed E-state index contributed by atoms with van der Waals surface area (Å²) in [5.74, 6) is 12.5. The molecule has 2 aliphatic heterocycles. The van der Waals surface area contributed by atoms with Crippen molar-refractivity contribution in [2.45, 2.75) is 269 Å². The van der Waals surface area contributed by atoms with Crippen LogP contribution in [0.1, 0.15) is 263 Å². The summed E-state index contributed by atoms with van der Waals surface area (Å²) in [6, 6.07) is 0.581. The van der Waals surface area contributed by atoms with E-state index in [-0.39, 0.29) is 0 Å². The van der Waals surface area contributed by atoms with Crippen LogP contribution >= 0.6 is 0 Å². The molecule has 14 aliphatic carbocycles. The minimum Gasteiger partial charge on any atom is -0.343 e. The third-order valence-corrected chi connectivity index (χ3v) is 15.7. The van der Waals surface area contributed by atoms with Crippen LogP contribution in [0, 0.1) is 65.1 Å². The van der Waals surface area contributed by atoms with Gasteiger partial charge in [-0.05, 0) is 130 Å². The third-order valence-electron chi connectivity index (χ3n) is 15.7. The van der Waals surface area contributed by atoms with Crippen LogP contribution in [0.2, 0.25) is 0 Å². The van der Waals surface area contributed by atoms with Gasteiger partial charge in [0, 0.05) is 19.0 Å². The van der Waals surface area contributed by atoms with Gasteiger partial charge < -0.3 is 4.90 Å². The fraction of sp³-hybridized carbons (Fsp3) is 0.981. The van der Waals surface area contributed by atoms with Crippen molar-refractivity contribution in [3.63, 3.8) is 0 Å². The van der Waals surface area contributed by atoms with Crippen LogP contribution in [-0.2, 0) is 4.79 Å². The van der Waals surface area contributed by atoms with Crippen LogP contribution in [0.3, 0.4) is 0 Å². The molecule has 2 heterocycles. The van der Waals surface area contributed by atoms with Crippen LogP contribution in [0.15, 0.2) is 0 Å². The molecule has 16 aliphatic rings. The van der Waals surface area contributed by atoms with Crippen molar-refractivity contribution in [1.82, 2.24) is 4.90 Å². The second kappa shape index (κ2) is 32.3. The van der Waals surface area contributed by atoms with Crippen molar-refractivity contribution in [2.24, 2.45) is 65.1 Å². The molecule has 16 rings (SSSR count). The van der Waals surface area contributed by atoms with Gasteiger partial charge in [-0.1, -0.05) is 192 Å². The van der Waals surface area contributed by atoms with Gasteiger partial charge in [0.05, 0.1) is 0 Å². The van der Waals surface area contributed by atoms with Crippen LogP contribution < -0.4 is 0 Å². The van der Waals surface area contributed by atoms with E-state index < -0.39 is 0 Å². The van der Waals surface area contributed by atoms with E-state index in [1.807, 2.05) is 95.0 Å². The van der Waals surface area contributed by atoms with Gasteiger partial charge in [0.15, 0.2) is 0 Å². The van der Waals surface area contributed by atoms with E-state index in [0.717, 1.165) is 36.5 Å². The number of rotatable bonds is 0. The summed E-state index contributed by atoms with van der Waals surface area (Å²) in [5.41, 5.74) is 0. The van der Waals surface area contributed by atoms with Gasteiger partial charge in [-0.25, -0.2) is 0 Å². The number of fused-ring (bicyclic) bond motifs is 11. The molecule has 0 aromatic carbocycles. The minimum absolute atomic E-state index is 0.384. The van der Waals surface area contributed by atoms with Crippen LogP contribution in [-0.4, -0.2) is 23.9 Å². The Morgan fingerprint density at radius 2 is 0.536 bits per heavy atom. The van der Waals surface area contributed by atoms with Gasteiger partial charge in [0.25, 0.3) is 0 Å². The smallest absolute Gasteiger partial charge is 0.225 e. The van der Waals surface area contributed by atoms with Crippen molar-refractivity contribution in [1.29, 1.82) is 0 Å². The monoisotopic (exact) mass is 786 g/mol. The lowest BCUT2D eigenvalue weighted by atomic mass is 9.56. The molecule has 12 bridgehead atoms. The first-order valence-corrected chi connectivity index (χ1v) is 26.8. The predicted molar refractivity (Wildman–Crippen MR) is 252 cm³/mol. The van der Waals surface area contributed by atoms with E-state index in [2.05, 4.69) is 0 Å². The SMILES string of the molecule is C1C2CC1C2.C1CC2CC1C2.C1CC2CCC(C1)C2.C1CC2CCC1C2.C1CC2CCC1CC2.CC.CC.CC.CC.CC.CC.CN1C(=O)C2CCC1CC2. The van der Waals surface area contributed by atoms with Crippen LogP contribution in [0.5, 0.6) is 0 Å². The van der Waals surface area contributed by atoms with E-state index in [1.165, 1.54) is 54.8 Å². The molecule has 2 nitrogen and oxygen atoms in total. The van der Waals surface area contributed by atoms with E-state index in [4.69, 9.17) is 0 Å². The van der Waals surface area contributed by atoms with Gasteiger partial charge in [-0.15, -0.1) is 0 Å². The second-order valence-electron chi connectivity index (χ2n) is 18.7. The van der Waals surface area contributed by atoms with Crippen molar-refractivity contribution in [3.05, 3.63) is 0 Å². The van der Waals surface area contributed by atoms with Crippen molar-refractivity contribution in [2.75, 3.05) is 7.05 Å². The Hall–Kier alpha value is -0.530. The molecule has 1 amide bonds. The molecule has 2 atom stereocenters. The predicted octanol–water partition coefficient (Wildman–Crippen LogP) is 17.8. The van der Waals surface area contributed by atoms with Gasteiger partial charge in [0.1, 0.15) is 0 Å². The van der Waals surface area contributed by atoms with E-state index >= 15 is 0 Å². The molecule has 0 radical (unpaired) electrons. The Morgan fingerprint density at radius 3 is 0.696 bits per heavy atom. The van der Waals surface area contributed by atoms with Crippen molar-refractivity contribution < 1.29 is 4.79 Å². The van der Waals surface area contributed by atoms with E-state index in [0.29, 0.717) is 17.9 Å². The number of nitrogens with zero attached hydrogens (tertiary/aromatic N) is 1. The maximum absolute atomic E-state index is 11.3.